The van der Waals surface area contributed by atoms with Gasteiger partial charge in [-0.05, 0) is 36.6 Å². The van der Waals surface area contributed by atoms with Crippen LogP contribution in [0.3, 0.4) is 0 Å². The fourth-order valence-corrected chi connectivity index (χ4v) is 3.26. The molecule has 3 fully saturated rings. The standard InChI is InChI=1S/C19H24O4/c1-15(2)11-18-12-21-19(22-13-18,23-14-18)17-8-6-16(7-9-17)5-4-10-20-3/h6-9,15H,10-14H2,1-3H3. The van der Waals surface area contributed by atoms with Crippen molar-refractivity contribution in [1.82, 2.24) is 0 Å². The molecule has 0 atom stereocenters. The second kappa shape index (κ2) is 6.62. The summed E-state index contributed by atoms with van der Waals surface area (Å²) in [5.74, 6) is 5.54. The van der Waals surface area contributed by atoms with E-state index >= 15 is 0 Å². The summed E-state index contributed by atoms with van der Waals surface area (Å²) >= 11 is 0. The lowest BCUT2D eigenvalue weighted by Gasteiger charge is -2.52. The van der Waals surface area contributed by atoms with Crippen molar-refractivity contribution in [3.05, 3.63) is 35.4 Å². The van der Waals surface area contributed by atoms with Crippen LogP contribution >= 0.6 is 0 Å². The maximum Gasteiger partial charge on any atom is 0.312 e. The third-order valence-electron chi connectivity index (χ3n) is 4.23. The van der Waals surface area contributed by atoms with Crippen LogP contribution in [-0.2, 0) is 24.9 Å². The molecule has 23 heavy (non-hydrogen) atoms. The first-order chi connectivity index (χ1) is 11.1. The van der Waals surface area contributed by atoms with E-state index in [2.05, 4.69) is 25.7 Å². The Kier molecular flexibility index (Phi) is 4.74. The molecule has 2 bridgehead atoms. The van der Waals surface area contributed by atoms with E-state index in [1.807, 2.05) is 24.3 Å². The van der Waals surface area contributed by atoms with Crippen molar-refractivity contribution >= 4 is 0 Å². The Bertz CT molecular complexity index is 570. The SMILES string of the molecule is COCC#Cc1ccc(C23OCC(CC(C)C)(CO2)CO3)cc1. The second-order valence-corrected chi connectivity index (χ2v) is 6.83. The second-order valence-electron chi connectivity index (χ2n) is 6.83. The molecule has 0 N–H and O–H groups in total. The molecule has 0 unspecified atom stereocenters. The molecular formula is C19H24O4. The highest BCUT2D eigenvalue weighted by molar-refractivity contribution is 5.37. The van der Waals surface area contributed by atoms with Gasteiger partial charge in [-0.3, -0.25) is 0 Å². The zero-order valence-electron chi connectivity index (χ0n) is 14.1. The van der Waals surface area contributed by atoms with E-state index in [9.17, 15) is 0 Å². The summed E-state index contributed by atoms with van der Waals surface area (Å²) in [6.07, 6.45) is 1.05. The summed E-state index contributed by atoms with van der Waals surface area (Å²) < 4.78 is 22.9. The van der Waals surface area contributed by atoms with E-state index in [1.54, 1.807) is 7.11 Å². The molecule has 3 aliphatic heterocycles. The maximum absolute atomic E-state index is 5.99. The largest absolute Gasteiger partial charge is 0.372 e. The van der Waals surface area contributed by atoms with E-state index < -0.39 is 5.97 Å². The zero-order chi connectivity index (χ0) is 16.3. The van der Waals surface area contributed by atoms with Gasteiger partial charge in [0, 0.05) is 23.7 Å². The molecule has 3 aliphatic rings. The molecule has 4 rings (SSSR count). The number of hydrogen-bond acceptors (Lipinski definition) is 4. The van der Waals surface area contributed by atoms with Gasteiger partial charge in [-0.25, -0.2) is 0 Å². The van der Waals surface area contributed by atoms with Gasteiger partial charge in [-0.1, -0.05) is 25.7 Å². The van der Waals surface area contributed by atoms with Crippen molar-refractivity contribution in [3.63, 3.8) is 0 Å². The molecule has 0 amide bonds. The molecule has 0 saturated carbocycles. The van der Waals surface area contributed by atoms with E-state index in [0.29, 0.717) is 32.3 Å². The number of methoxy groups -OCH3 is 1. The highest BCUT2D eigenvalue weighted by Crippen LogP contribution is 2.46. The Balaban J connectivity index is 1.71. The summed E-state index contributed by atoms with van der Waals surface area (Å²) in [5.41, 5.74) is 1.82. The molecule has 0 aliphatic carbocycles. The minimum Gasteiger partial charge on any atom is -0.372 e. The van der Waals surface area contributed by atoms with Gasteiger partial charge in [-0.15, -0.1) is 0 Å². The topological polar surface area (TPSA) is 36.9 Å². The molecule has 0 aromatic heterocycles. The first-order valence-corrected chi connectivity index (χ1v) is 8.08. The monoisotopic (exact) mass is 316 g/mol. The Morgan fingerprint density at radius 2 is 1.70 bits per heavy atom. The summed E-state index contributed by atoms with van der Waals surface area (Å²) in [5, 5.41) is 0. The van der Waals surface area contributed by atoms with Crippen LogP contribution in [0, 0.1) is 23.2 Å². The predicted octanol–water partition coefficient (Wildman–Crippen LogP) is 2.90. The number of benzene rings is 1. The van der Waals surface area contributed by atoms with Gasteiger partial charge in [-0.2, -0.15) is 0 Å². The predicted molar refractivity (Wildman–Crippen MR) is 86.6 cm³/mol. The van der Waals surface area contributed by atoms with Crippen molar-refractivity contribution in [3.8, 4) is 11.8 Å². The Morgan fingerprint density at radius 3 is 2.22 bits per heavy atom. The van der Waals surface area contributed by atoms with Gasteiger partial charge in [0.05, 0.1) is 19.8 Å². The Morgan fingerprint density at radius 1 is 1.09 bits per heavy atom. The summed E-state index contributed by atoms with van der Waals surface area (Å²) in [6.45, 7) is 6.91. The van der Waals surface area contributed by atoms with Crippen LogP contribution in [0.15, 0.2) is 24.3 Å². The van der Waals surface area contributed by atoms with Gasteiger partial charge >= 0.3 is 5.97 Å². The maximum atomic E-state index is 5.99. The fourth-order valence-electron chi connectivity index (χ4n) is 3.26. The van der Waals surface area contributed by atoms with Crippen molar-refractivity contribution in [2.24, 2.45) is 11.3 Å². The van der Waals surface area contributed by atoms with Crippen molar-refractivity contribution in [2.75, 3.05) is 33.5 Å². The quantitative estimate of drug-likeness (QED) is 0.801. The van der Waals surface area contributed by atoms with Crippen LogP contribution in [0.2, 0.25) is 0 Å². The van der Waals surface area contributed by atoms with Crippen LogP contribution in [0.25, 0.3) is 0 Å². The summed E-state index contributed by atoms with van der Waals surface area (Å²) in [4.78, 5) is 0. The van der Waals surface area contributed by atoms with E-state index in [-0.39, 0.29) is 5.41 Å². The lowest BCUT2D eigenvalue weighted by Crippen LogP contribution is -2.58. The van der Waals surface area contributed by atoms with Crippen molar-refractivity contribution in [1.29, 1.82) is 0 Å². The fraction of sp³-hybridized carbons (Fsp3) is 0.579. The van der Waals surface area contributed by atoms with Crippen LogP contribution in [0.1, 0.15) is 31.4 Å². The Labute approximate surface area is 138 Å². The molecule has 1 aromatic rings. The lowest BCUT2D eigenvalue weighted by atomic mass is 9.80. The molecule has 0 spiro atoms. The number of hydrogen-bond donors (Lipinski definition) is 0. The van der Waals surface area contributed by atoms with Gasteiger partial charge < -0.3 is 18.9 Å². The third-order valence-corrected chi connectivity index (χ3v) is 4.23. The normalized spacial score (nSPS) is 29.4. The Hall–Kier alpha value is -1.38. The van der Waals surface area contributed by atoms with E-state index in [0.717, 1.165) is 17.5 Å². The zero-order valence-corrected chi connectivity index (χ0v) is 14.1. The summed E-state index contributed by atoms with van der Waals surface area (Å²) in [6, 6.07) is 7.82. The van der Waals surface area contributed by atoms with Crippen LogP contribution in [-0.4, -0.2) is 33.5 Å². The van der Waals surface area contributed by atoms with E-state index in [4.69, 9.17) is 18.9 Å². The van der Waals surface area contributed by atoms with Crippen LogP contribution in [0.4, 0.5) is 0 Å². The molecular weight excluding hydrogens is 292 g/mol. The molecule has 4 heteroatoms. The average molecular weight is 316 g/mol. The van der Waals surface area contributed by atoms with Crippen molar-refractivity contribution < 1.29 is 18.9 Å². The first-order valence-electron chi connectivity index (χ1n) is 8.08. The van der Waals surface area contributed by atoms with Crippen LogP contribution < -0.4 is 0 Å². The number of rotatable bonds is 4. The highest BCUT2D eigenvalue weighted by atomic mass is 16.9. The number of fused-ring (bicyclic) bond motifs is 3. The molecule has 3 heterocycles. The number of ether oxygens (including phenoxy) is 4. The highest BCUT2D eigenvalue weighted by Gasteiger charge is 2.53. The van der Waals surface area contributed by atoms with Gasteiger partial charge in [0.15, 0.2) is 0 Å². The van der Waals surface area contributed by atoms with Gasteiger partial charge in [0.2, 0.25) is 0 Å². The minimum absolute atomic E-state index is 0.00147. The van der Waals surface area contributed by atoms with Gasteiger partial charge in [0.25, 0.3) is 0 Å². The van der Waals surface area contributed by atoms with Gasteiger partial charge in [0.1, 0.15) is 6.61 Å². The smallest absolute Gasteiger partial charge is 0.312 e. The minimum atomic E-state index is -1.04. The van der Waals surface area contributed by atoms with Crippen molar-refractivity contribution in [2.45, 2.75) is 26.2 Å². The van der Waals surface area contributed by atoms with E-state index in [1.165, 1.54) is 0 Å². The first kappa shape index (κ1) is 16.5. The average Bonchev–Trinajstić information content (AvgIpc) is 2.56. The molecule has 124 valence electrons. The molecule has 1 aromatic carbocycles. The molecule has 3 saturated heterocycles. The van der Waals surface area contributed by atoms with Crippen LogP contribution in [0.5, 0.6) is 0 Å². The summed E-state index contributed by atoms with van der Waals surface area (Å²) in [7, 11) is 1.63. The molecule has 4 nitrogen and oxygen atoms in total. The molecule has 0 radical (unpaired) electrons. The lowest BCUT2D eigenvalue weighted by molar-refractivity contribution is -0.481. The third kappa shape index (κ3) is 3.44.